The van der Waals surface area contributed by atoms with Crippen LogP contribution >= 0.6 is 11.6 Å². The molecule has 1 unspecified atom stereocenters. The van der Waals surface area contributed by atoms with Gasteiger partial charge in [0.2, 0.25) is 5.91 Å². The van der Waals surface area contributed by atoms with Gasteiger partial charge in [-0.15, -0.1) is 0 Å². The molecule has 0 aromatic carbocycles. The molecule has 26 heavy (non-hydrogen) atoms. The molecular formula is C17H27ClN2O6. The smallest absolute Gasteiger partial charge is 0.408 e. The lowest BCUT2D eigenvalue weighted by Gasteiger charge is -2.26. The number of carbonyl (C=O) groups excluding carboxylic acids is 2. The van der Waals surface area contributed by atoms with Crippen LogP contribution in [0.25, 0.3) is 0 Å². The van der Waals surface area contributed by atoms with Gasteiger partial charge in [0.1, 0.15) is 17.7 Å². The van der Waals surface area contributed by atoms with Crippen LogP contribution in [-0.4, -0.2) is 52.0 Å². The molecule has 1 rings (SSSR count). The number of ether oxygens (including phenoxy) is 1. The van der Waals surface area contributed by atoms with Crippen LogP contribution in [0.4, 0.5) is 4.79 Å². The van der Waals surface area contributed by atoms with Crippen LogP contribution < -0.4 is 10.6 Å². The highest BCUT2D eigenvalue weighted by Gasteiger charge is 2.29. The summed E-state index contributed by atoms with van der Waals surface area (Å²) in [6.07, 6.45) is 1.30. The first-order chi connectivity index (χ1) is 11.9. The fraction of sp³-hybridized carbons (Fsp3) is 0.706. The molecule has 148 valence electrons. The average Bonchev–Trinajstić information content (AvgIpc) is 2.47. The van der Waals surface area contributed by atoms with Crippen LogP contribution in [0.1, 0.15) is 47.0 Å². The molecular weight excluding hydrogens is 364 g/mol. The number of hydrogen-bond acceptors (Lipinski definition) is 5. The third-order valence-electron chi connectivity index (χ3n) is 3.80. The van der Waals surface area contributed by atoms with Crippen LogP contribution in [0, 0.1) is 5.92 Å². The average molecular weight is 391 g/mol. The number of alkyl carbamates (subject to hydrolysis) is 1. The molecule has 9 heteroatoms. The van der Waals surface area contributed by atoms with E-state index in [0.717, 1.165) is 0 Å². The van der Waals surface area contributed by atoms with Crippen LogP contribution in [0.15, 0.2) is 11.1 Å². The number of halogens is 1. The van der Waals surface area contributed by atoms with E-state index in [1.54, 1.807) is 26.8 Å². The summed E-state index contributed by atoms with van der Waals surface area (Å²) >= 11 is 5.91. The monoisotopic (exact) mass is 390 g/mol. The van der Waals surface area contributed by atoms with Gasteiger partial charge in [0.25, 0.3) is 0 Å². The summed E-state index contributed by atoms with van der Waals surface area (Å²) in [6.45, 7) is 6.51. The van der Waals surface area contributed by atoms with Crippen molar-refractivity contribution in [1.82, 2.24) is 10.6 Å². The predicted octanol–water partition coefficient (Wildman–Crippen LogP) is 1.75. The fourth-order valence-corrected chi connectivity index (χ4v) is 2.77. The van der Waals surface area contributed by atoms with E-state index < -0.39 is 41.8 Å². The number of hydrogen-bond donors (Lipinski definition) is 4. The van der Waals surface area contributed by atoms with Crippen molar-refractivity contribution < 1.29 is 29.3 Å². The van der Waals surface area contributed by atoms with Crippen molar-refractivity contribution in [3.05, 3.63) is 11.1 Å². The molecule has 0 fully saturated rings. The number of aliphatic hydroxyl groups excluding tert-OH is 1. The highest BCUT2D eigenvalue weighted by molar-refractivity contribution is 6.30. The minimum atomic E-state index is -1.18. The Kier molecular flexibility index (Phi) is 7.89. The minimum Gasteiger partial charge on any atom is -0.480 e. The number of allylic oxidation sites excluding steroid dienone is 1. The summed E-state index contributed by atoms with van der Waals surface area (Å²) < 4.78 is 5.06. The Morgan fingerprint density at radius 1 is 1.31 bits per heavy atom. The number of rotatable bonds is 6. The lowest BCUT2D eigenvalue weighted by atomic mass is 9.88. The maximum absolute atomic E-state index is 12.2. The Labute approximate surface area is 157 Å². The Hall–Kier alpha value is -1.80. The minimum absolute atomic E-state index is 0.142. The maximum Gasteiger partial charge on any atom is 0.408 e. The van der Waals surface area contributed by atoms with E-state index in [2.05, 4.69) is 10.6 Å². The van der Waals surface area contributed by atoms with Crippen LogP contribution in [0.3, 0.4) is 0 Å². The standard InChI is InChI=1S/C17H27ClN2O6/c1-9(19-16(25)26-17(2,3)4)14(22)20-12(15(23)24)8-10-5-6-13(21)11(18)7-10/h7,9-10,12-13,21H,5-6,8H2,1-4H3,(H,19,25)(H,20,22)(H,23,24)/t9-,10-,12-,13?/m0/s1. The molecule has 4 atom stereocenters. The van der Waals surface area contributed by atoms with Crippen molar-refractivity contribution in [2.24, 2.45) is 5.92 Å². The van der Waals surface area contributed by atoms with E-state index in [9.17, 15) is 24.6 Å². The molecule has 0 aliphatic heterocycles. The van der Waals surface area contributed by atoms with Gasteiger partial charge < -0.3 is 25.6 Å². The summed E-state index contributed by atoms with van der Waals surface area (Å²) in [5.41, 5.74) is -0.707. The number of aliphatic carboxylic acids is 1. The zero-order valence-corrected chi connectivity index (χ0v) is 16.2. The highest BCUT2D eigenvalue weighted by atomic mass is 35.5. The highest BCUT2D eigenvalue weighted by Crippen LogP contribution is 2.28. The first-order valence-corrected chi connectivity index (χ1v) is 8.85. The van der Waals surface area contributed by atoms with E-state index >= 15 is 0 Å². The molecule has 0 bridgehead atoms. The van der Waals surface area contributed by atoms with E-state index in [4.69, 9.17) is 16.3 Å². The summed E-state index contributed by atoms with van der Waals surface area (Å²) in [5.74, 6) is -1.98. The van der Waals surface area contributed by atoms with Crippen molar-refractivity contribution in [2.45, 2.75) is 70.7 Å². The number of aliphatic hydroxyl groups is 1. The van der Waals surface area contributed by atoms with Crippen LogP contribution in [0.2, 0.25) is 0 Å². The number of nitrogens with one attached hydrogen (secondary N) is 2. The number of carboxylic acid groups (broad SMARTS) is 1. The Morgan fingerprint density at radius 2 is 1.92 bits per heavy atom. The van der Waals surface area contributed by atoms with Gasteiger partial charge in [-0.1, -0.05) is 17.7 Å². The van der Waals surface area contributed by atoms with Gasteiger partial charge in [0.15, 0.2) is 0 Å². The van der Waals surface area contributed by atoms with E-state index in [-0.39, 0.29) is 17.4 Å². The second-order valence-corrected chi connectivity index (χ2v) is 7.84. The first-order valence-electron chi connectivity index (χ1n) is 8.47. The van der Waals surface area contributed by atoms with Crippen molar-refractivity contribution in [3.8, 4) is 0 Å². The van der Waals surface area contributed by atoms with Gasteiger partial charge in [-0.2, -0.15) is 0 Å². The quantitative estimate of drug-likeness (QED) is 0.547. The van der Waals surface area contributed by atoms with E-state index in [0.29, 0.717) is 12.8 Å². The predicted molar refractivity (Wildman–Crippen MR) is 95.7 cm³/mol. The lowest BCUT2D eigenvalue weighted by molar-refractivity contribution is -0.142. The fourth-order valence-electron chi connectivity index (χ4n) is 2.49. The summed E-state index contributed by atoms with van der Waals surface area (Å²) in [5, 5.41) is 24.0. The molecule has 0 saturated heterocycles. The molecule has 0 heterocycles. The zero-order valence-electron chi connectivity index (χ0n) is 15.4. The molecule has 4 N–H and O–H groups in total. The summed E-state index contributed by atoms with van der Waals surface area (Å²) in [7, 11) is 0. The molecule has 0 aromatic rings. The van der Waals surface area contributed by atoms with Crippen molar-refractivity contribution in [2.75, 3.05) is 0 Å². The molecule has 0 radical (unpaired) electrons. The topological polar surface area (TPSA) is 125 Å². The second-order valence-electron chi connectivity index (χ2n) is 7.41. The van der Waals surface area contributed by atoms with Crippen molar-refractivity contribution >= 4 is 29.6 Å². The molecule has 0 saturated carbocycles. The Morgan fingerprint density at radius 3 is 2.42 bits per heavy atom. The van der Waals surface area contributed by atoms with Crippen LogP contribution in [0.5, 0.6) is 0 Å². The first kappa shape index (κ1) is 22.2. The number of carboxylic acids is 1. The van der Waals surface area contributed by atoms with E-state index in [1.165, 1.54) is 6.92 Å². The third-order valence-corrected chi connectivity index (χ3v) is 4.18. The van der Waals surface area contributed by atoms with Crippen LogP contribution in [-0.2, 0) is 14.3 Å². The van der Waals surface area contributed by atoms with Gasteiger partial charge >= 0.3 is 12.1 Å². The Balaban J connectivity index is 2.62. The zero-order chi connectivity index (χ0) is 20.1. The van der Waals surface area contributed by atoms with Gasteiger partial charge in [0, 0.05) is 5.03 Å². The Bertz CT molecular complexity index is 572. The van der Waals surface area contributed by atoms with Crippen molar-refractivity contribution in [1.29, 1.82) is 0 Å². The largest absolute Gasteiger partial charge is 0.480 e. The SMILES string of the molecule is C[C@H](NC(=O)OC(C)(C)C)C(=O)N[C@@H](C[C@@H]1C=C(Cl)C(O)CC1)C(=O)O. The molecule has 1 aliphatic carbocycles. The van der Waals surface area contributed by atoms with E-state index in [1.807, 2.05) is 0 Å². The third kappa shape index (κ3) is 7.61. The molecule has 2 amide bonds. The van der Waals surface area contributed by atoms with Gasteiger partial charge in [-0.3, -0.25) is 4.79 Å². The molecule has 0 aromatic heterocycles. The van der Waals surface area contributed by atoms with Gasteiger partial charge in [-0.25, -0.2) is 9.59 Å². The van der Waals surface area contributed by atoms with Crippen molar-refractivity contribution in [3.63, 3.8) is 0 Å². The normalized spacial score (nSPS) is 22.6. The summed E-state index contributed by atoms with van der Waals surface area (Å²) in [4.78, 5) is 35.3. The number of carbonyl (C=O) groups is 3. The van der Waals surface area contributed by atoms with Gasteiger partial charge in [0.05, 0.1) is 6.10 Å². The summed E-state index contributed by atoms with van der Waals surface area (Å²) in [6, 6.07) is -2.09. The lowest BCUT2D eigenvalue weighted by Crippen LogP contribution is -2.51. The molecule has 8 nitrogen and oxygen atoms in total. The number of amides is 2. The second kappa shape index (κ2) is 9.23. The molecule has 1 aliphatic rings. The molecule has 0 spiro atoms. The maximum atomic E-state index is 12.2. The van der Waals surface area contributed by atoms with Gasteiger partial charge in [-0.05, 0) is 52.9 Å².